The summed E-state index contributed by atoms with van der Waals surface area (Å²) in [6.45, 7) is 5.62. The van der Waals surface area contributed by atoms with Crippen molar-refractivity contribution in [3.05, 3.63) is 53.2 Å². The third-order valence-electron chi connectivity index (χ3n) is 5.62. The number of ether oxygens (including phenoxy) is 1. The zero-order chi connectivity index (χ0) is 20.6. The van der Waals surface area contributed by atoms with Gasteiger partial charge in [0.15, 0.2) is 0 Å². The minimum atomic E-state index is -0.491. The third-order valence-corrected chi connectivity index (χ3v) is 5.62. The summed E-state index contributed by atoms with van der Waals surface area (Å²) in [4.78, 5) is 21.3. The van der Waals surface area contributed by atoms with E-state index in [-0.39, 0.29) is 5.97 Å². The summed E-state index contributed by atoms with van der Waals surface area (Å²) in [5.74, 6) is 1.91. The minimum Gasteiger partial charge on any atom is -0.468 e. The minimum absolute atomic E-state index is 0.153. The maximum atomic E-state index is 12.3. The van der Waals surface area contributed by atoms with Crippen LogP contribution >= 0.6 is 0 Å². The molecule has 1 fully saturated rings. The van der Waals surface area contributed by atoms with Gasteiger partial charge in [-0.3, -0.25) is 4.79 Å². The lowest BCUT2D eigenvalue weighted by molar-refractivity contribution is -0.151. The van der Waals surface area contributed by atoms with E-state index in [1.807, 2.05) is 51.1 Å². The number of aryl methyl sites for hydroxylation is 3. The Morgan fingerprint density at radius 3 is 2.41 bits per heavy atom. The van der Waals surface area contributed by atoms with Crippen molar-refractivity contribution in [2.75, 3.05) is 12.4 Å². The number of nitrogens with zero attached hydrogens (tertiary/aromatic N) is 3. The molecule has 3 aromatic rings. The van der Waals surface area contributed by atoms with Gasteiger partial charge in [0.05, 0.1) is 29.5 Å². The molecule has 0 spiro atoms. The molecule has 2 heterocycles. The predicted molar refractivity (Wildman–Crippen MR) is 109 cm³/mol. The number of aromatic nitrogens is 3. The second-order valence-corrected chi connectivity index (χ2v) is 7.51. The van der Waals surface area contributed by atoms with Gasteiger partial charge in [0.25, 0.3) is 0 Å². The lowest BCUT2D eigenvalue weighted by atomic mass is 9.64. The van der Waals surface area contributed by atoms with Crippen LogP contribution in [-0.2, 0) is 14.9 Å². The lowest BCUT2D eigenvalue weighted by Gasteiger charge is -2.39. The summed E-state index contributed by atoms with van der Waals surface area (Å²) in [5.41, 5.74) is 3.85. The number of benzene rings is 1. The van der Waals surface area contributed by atoms with E-state index >= 15 is 0 Å². The highest BCUT2D eigenvalue weighted by atomic mass is 16.5. The van der Waals surface area contributed by atoms with E-state index in [2.05, 4.69) is 20.4 Å². The van der Waals surface area contributed by atoms with Gasteiger partial charge >= 0.3 is 5.97 Å². The number of anilines is 2. The molecule has 0 aliphatic heterocycles. The van der Waals surface area contributed by atoms with Crippen molar-refractivity contribution >= 4 is 17.5 Å². The zero-order valence-corrected chi connectivity index (χ0v) is 17.1. The molecule has 150 valence electrons. The number of nitrogens with one attached hydrogen (secondary N) is 1. The van der Waals surface area contributed by atoms with Crippen LogP contribution < -0.4 is 5.32 Å². The highest BCUT2D eigenvalue weighted by Crippen LogP contribution is 2.45. The van der Waals surface area contributed by atoms with Crippen molar-refractivity contribution in [1.29, 1.82) is 0 Å². The van der Waals surface area contributed by atoms with Crippen LogP contribution in [-0.4, -0.2) is 28.2 Å². The highest BCUT2D eigenvalue weighted by Gasteiger charge is 2.46. The van der Waals surface area contributed by atoms with Gasteiger partial charge < -0.3 is 14.6 Å². The van der Waals surface area contributed by atoms with Crippen molar-refractivity contribution in [3.63, 3.8) is 0 Å². The number of hydrogen-bond acceptors (Lipinski definition) is 7. The molecule has 1 aliphatic rings. The Labute approximate surface area is 169 Å². The van der Waals surface area contributed by atoms with E-state index in [0.717, 1.165) is 53.2 Å². The summed E-state index contributed by atoms with van der Waals surface area (Å²) in [7, 11) is 1.45. The topological polar surface area (TPSA) is 90.1 Å². The average Bonchev–Trinajstić information content (AvgIpc) is 3.00. The molecule has 29 heavy (non-hydrogen) atoms. The number of carbonyl (C=O) groups excluding carboxylic acids is 1. The van der Waals surface area contributed by atoms with Crippen LogP contribution in [0.3, 0.4) is 0 Å². The molecular weight excluding hydrogens is 368 g/mol. The molecule has 0 unspecified atom stereocenters. The molecule has 0 radical (unpaired) electrons. The Morgan fingerprint density at radius 1 is 1.14 bits per heavy atom. The van der Waals surface area contributed by atoms with Crippen molar-refractivity contribution in [3.8, 4) is 11.3 Å². The van der Waals surface area contributed by atoms with Gasteiger partial charge in [-0.2, -0.15) is 0 Å². The van der Waals surface area contributed by atoms with Crippen molar-refractivity contribution < 1.29 is 14.1 Å². The Kier molecular flexibility index (Phi) is 4.82. The van der Waals surface area contributed by atoms with Crippen LogP contribution in [0.25, 0.3) is 11.3 Å². The first-order valence-corrected chi connectivity index (χ1v) is 9.68. The number of rotatable bonds is 5. The van der Waals surface area contributed by atoms with E-state index < -0.39 is 5.41 Å². The van der Waals surface area contributed by atoms with E-state index in [9.17, 15) is 4.79 Å². The van der Waals surface area contributed by atoms with Gasteiger partial charge in [-0.1, -0.05) is 23.7 Å². The fourth-order valence-corrected chi connectivity index (χ4v) is 3.97. The first kappa shape index (κ1) is 19.1. The van der Waals surface area contributed by atoms with E-state index in [1.165, 1.54) is 7.11 Å². The number of esters is 1. The Morgan fingerprint density at radius 2 is 1.86 bits per heavy atom. The molecule has 0 bridgehead atoms. The van der Waals surface area contributed by atoms with Crippen molar-refractivity contribution in [1.82, 2.24) is 15.1 Å². The van der Waals surface area contributed by atoms with E-state index in [1.54, 1.807) is 0 Å². The molecule has 1 aliphatic carbocycles. The fraction of sp³-hybridized carbons (Fsp3) is 0.364. The van der Waals surface area contributed by atoms with Crippen LogP contribution in [0, 0.1) is 20.8 Å². The quantitative estimate of drug-likeness (QED) is 0.644. The Balaban J connectivity index is 1.60. The van der Waals surface area contributed by atoms with Gasteiger partial charge in [0, 0.05) is 11.8 Å². The van der Waals surface area contributed by atoms with Crippen molar-refractivity contribution in [2.45, 2.75) is 45.4 Å². The van der Waals surface area contributed by atoms with Gasteiger partial charge in [-0.25, -0.2) is 9.97 Å². The smallest absolute Gasteiger partial charge is 0.316 e. The first-order valence-electron chi connectivity index (χ1n) is 9.68. The summed E-state index contributed by atoms with van der Waals surface area (Å²) >= 11 is 0. The standard InChI is InChI=1S/C22H24N4O3/c1-13-20(14(2)29-26-13)18-12-19(24-15(3)23-18)25-17-8-6-16(7-9-17)22(10-5-11-22)21(27)28-4/h6-9,12H,5,10-11H2,1-4H3,(H,23,24,25). The third kappa shape index (κ3) is 3.37. The average molecular weight is 392 g/mol. The number of methoxy groups -OCH3 is 1. The molecule has 2 aromatic heterocycles. The second kappa shape index (κ2) is 7.31. The van der Waals surface area contributed by atoms with E-state index in [0.29, 0.717) is 11.6 Å². The van der Waals surface area contributed by atoms with Crippen LogP contribution in [0.5, 0.6) is 0 Å². The lowest BCUT2D eigenvalue weighted by Crippen LogP contribution is -2.43. The molecule has 1 saturated carbocycles. The summed E-state index contributed by atoms with van der Waals surface area (Å²) < 4.78 is 10.3. The molecular formula is C22H24N4O3. The monoisotopic (exact) mass is 392 g/mol. The number of carbonyl (C=O) groups is 1. The predicted octanol–water partition coefficient (Wildman–Crippen LogP) is 4.40. The largest absolute Gasteiger partial charge is 0.468 e. The highest BCUT2D eigenvalue weighted by molar-refractivity contribution is 5.84. The summed E-state index contributed by atoms with van der Waals surface area (Å²) in [6, 6.07) is 9.79. The van der Waals surface area contributed by atoms with Crippen LogP contribution in [0.1, 0.15) is 42.1 Å². The fourth-order valence-electron chi connectivity index (χ4n) is 3.97. The normalized spacial score (nSPS) is 14.9. The van der Waals surface area contributed by atoms with Crippen LogP contribution in [0.4, 0.5) is 11.5 Å². The van der Waals surface area contributed by atoms with Gasteiger partial charge in [0.1, 0.15) is 17.4 Å². The molecule has 1 N–H and O–H groups in total. The molecule has 0 atom stereocenters. The summed E-state index contributed by atoms with van der Waals surface area (Å²) in [6.07, 6.45) is 2.70. The molecule has 7 heteroatoms. The number of hydrogen-bond donors (Lipinski definition) is 1. The molecule has 4 rings (SSSR count). The SMILES string of the molecule is COC(=O)C1(c2ccc(Nc3cc(-c4c(C)noc4C)nc(C)n3)cc2)CCC1. The first-order chi connectivity index (χ1) is 13.9. The molecule has 1 aromatic carbocycles. The Hall–Kier alpha value is -3.22. The second-order valence-electron chi connectivity index (χ2n) is 7.51. The van der Waals surface area contributed by atoms with Crippen LogP contribution in [0.15, 0.2) is 34.9 Å². The van der Waals surface area contributed by atoms with Gasteiger partial charge in [-0.05, 0) is 51.3 Å². The molecule has 0 saturated heterocycles. The van der Waals surface area contributed by atoms with Crippen molar-refractivity contribution in [2.24, 2.45) is 0 Å². The van der Waals surface area contributed by atoms with E-state index in [4.69, 9.17) is 9.26 Å². The van der Waals surface area contributed by atoms with Gasteiger partial charge in [-0.15, -0.1) is 0 Å². The maximum absolute atomic E-state index is 12.3. The molecule has 0 amide bonds. The molecule has 7 nitrogen and oxygen atoms in total. The summed E-state index contributed by atoms with van der Waals surface area (Å²) in [5, 5.41) is 7.34. The van der Waals surface area contributed by atoms with Gasteiger partial charge in [0.2, 0.25) is 0 Å². The van der Waals surface area contributed by atoms with Crippen LogP contribution in [0.2, 0.25) is 0 Å². The Bertz CT molecular complexity index is 1030. The zero-order valence-electron chi connectivity index (χ0n) is 17.1. The maximum Gasteiger partial charge on any atom is 0.316 e.